The molecular formula is C16H19ClN2O3. The summed E-state index contributed by atoms with van der Waals surface area (Å²) in [4.78, 5) is 27.7. The number of aliphatic hydroxyl groups excluding tert-OH is 1. The van der Waals surface area contributed by atoms with E-state index in [-0.39, 0.29) is 18.4 Å². The zero-order valence-electron chi connectivity index (χ0n) is 12.3. The van der Waals surface area contributed by atoms with Gasteiger partial charge in [-0.15, -0.1) is 0 Å². The van der Waals surface area contributed by atoms with E-state index in [0.717, 1.165) is 24.0 Å². The number of benzene rings is 1. The fraction of sp³-hybridized carbons (Fsp3) is 0.500. The maximum Gasteiger partial charge on any atom is 0.251 e. The molecule has 118 valence electrons. The van der Waals surface area contributed by atoms with E-state index in [9.17, 15) is 14.7 Å². The normalized spacial score (nSPS) is 21.7. The van der Waals surface area contributed by atoms with E-state index in [2.05, 4.69) is 0 Å². The molecule has 1 N–H and O–H groups in total. The molecular weight excluding hydrogens is 304 g/mol. The Morgan fingerprint density at radius 1 is 1.32 bits per heavy atom. The van der Waals surface area contributed by atoms with Crippen molar-refractivity contribution in [2.45, 2.75) is 38.5 Å². The number of fused-ring (bicyclic) bond motifs is 1. The molecule has 1 aromatic carbocycles. The molecule has 6 heteroatoms. The molecule has 5 nitrogen and oxygen atoms in total. The maximum atomic E-state index is 12.5. The lowest BCUT2D eigenvalue weighted by Gasteiger charge is -2.24. The third kappa shape index (κ3) is 2.96. The summed E-state index contributed by atoms with van der Waals surface area (Å²) in [6, 6.07) is 5.67. The Morgan fingerprint density at radius 3 is 2.91 bits per heavy atom. The lowest BCUT2D eigenvalue weighted by atomic mass is 10.1. The van der Waals surface area contributed by atoms with Crippen LogP contribution in [0.2, 0.25) is 5.02 Å². The summed E-state index contributed by atoms with van der Waals surface area (Å²) >= 11 is 6.16. The van der Waals surface area contributed by atoms with E-state index in [0.29, 0.717) is 31.1 Å². The van der Waals surface area contributed by atoms with Gasteiger partial charge in [-0.05, 0) is 36.5 Å². The van der Waals surface area contributed by atoms with Crippen LogP contribution in [0.25, 0.3) is 0 Å². The lowest BCUT2D eigenvalue weighted by Crippen LogP contribution is -2.44. The standard InChI is InChI=1S/C16H19ClN2O3/c17-13-5-3-4-11-8-19(9-12(11)13)15(21)10-18-7-2-1-6-14(20)16(18)22/h3-5,14,20H,1-2,6-10H2. The molecule has 1 unspecified atom stereocenters. The number of nitrogens with zero attached hydrogens (tertiary/aromatic N) is 2. The van der Waals surface area contributed by atoms with Crippen LogP contribution >= 0.6 is 11.6 Å². The zero-order chi connectivity index (χ0) is 15.7. The van der Waals surface area contributed by atoms with Crippen LogP contribution in [-0.2, 0) is 22.7 Å². The molecule has 0 aromatic heterocycles. The lowest BCUT2D eigenvalue weighted by molar-refractivity contribution is -0.145. The van der Waals surface area contributed by atoms with Crippen LogP contribution in [0, 0.1) is 0 Å². The summed E-state index contributed by atoms with van der Waals surface area (Å²) in [5, 5.41) is 10.4. The van der Waals surface area contributed by atoms with Gasteiger partial charge in [0, 0.05) is 24.7 Å². The molecule has 2 heterocycles. The first-order chi connectivity index (χ1) is 10.6. The van der Waals surface area contributed by atoms with Crippen molar-refractivity contribution in [3.8, 4) is 0 Å². The number of carbonyl (C=O) groups is 2. The molecule has 22 heavy (non-hydrogen) atoms. The van der Waals surface area contributed by atoms with Crippen LogP contribution in [0.3, 0.4) is 0 Å². The number of hydrogen-bond donors (Lipinski definition) is 1. The first kappa shape index (κ1) is 15.3. The zero-order valence-corrected chi connectivity index (χ0v) is 13.1. The van der Waals surface area contributed by atoms with Crippen LogP contribution < -0.4 is 0 Å². The smallest absolute Gasteiger partial charge is 0.251 e. The number of likely N-dealkylation sites (tertiary alicyclic amines) is 1. The number of halogens is 1. The minimum atomic E-state index is -0.972. The van der Waals surface area contributed by atoms with E-state index in [4.69, 9.17) is 11.6 Å². The van der Waals surface area contributed by atoms with Gasteiger partial charge in [0.05, 0.1) is 6.54 Å². The molecule has 1 atom stereocenters. The highest BCUT2D eigenvalue weighted by Crippen LogP contribution is 2.29. The summed E-state index contributed by atoms with van der Waals surface area (Å²) in [6.45, 7) is 1.57. The van der Waals surface area contributed by atoms with Gasteiger partial charge in [0.2, 0.25) is 5.91 Å². The Morgan fingerprint density at radius 2 is 2.14 bits per heavy atom. The van der Waals surface area contributed by atoms with E-state index < -0.39 is 6.10 Å². The average molecular weight is 323 g/mol. The molecule has 1 aromatic rings. The Bertz CT molecular complexity index is 605. The van der Waals surface area contributed by atoms with Crippen LogP contribution in [-0.4, -0.2) is 45.9 Å². The van der Waals surface area contributed by atoms with Gasteiger partial charge >= 0.3 is 0 Å². The second kappa shape index (κ2) is 6.26. The van der Waals surface area contributed by atoms with Crippen molar-refractivity contribution >= 4 is 23.4 Å². The van der Waals surface area contributed by atoms with Gasteiger partial charge in [0.25, 0.3) is 5.91 Å². The fourth-order valence-corrected chi connectivity index (χ4v) is 3.32. The van der Waals surface area contributed by atoms with Crippen LogP contribution in [0.1, 0.15) is 30.4 Å². The van der Waals surface area contributed by atoms with Crippen molar-refractivity contribution in [2.24, 2.45) is 0 Å². The number of aliphatic hydroxyl groups is 1. The molecule has 3 rings (SSSR count). The Labute approximate surface area is 134 Å². The van der Waals surface area contributed by atoms with Crippen molar-refractivity contribution in [3.63, 3.8) is 0 Å². The first-order valence-corrected chi connectivity index (χ1v) is 7.95. The summed E-state index contributed by atoms with van der Waals surface area (Å²) < 4.78 is 0. The molecule has 0 saturated carbocycles. The topological polar surface area (TPSA) is 60.9 Å². The second-order valence-electron chi connectivity index (χ2n) is 5.90. The highest BCUT2D eigenvalue weighted by atomic mass is 35.5. The summed E-state index contributed by atoms with van der Waals surface area (Å²) in [5.74, 6) is -0.435. The number of hydrogen-bond acceptors (Lipinski definition) is 3. The number of carbonyl (C=O) groups excluding carboxylic acids is 2. The van der Waals surface area contributed by atoms with E-state index >= 15 is 0 Å². The molecule has 1 saturated heterocycles. The van der Waals surface area contributed by atoms with Gasteiger partial charge < -0.3 is 14.9 Å². The van der Waals surface area contributed by atoms with Crippen molar-refractivity contribution in [2.75, 3.05) is 13.1 Å². The molecule has 1 fully saturated rings. The summed E-state index contributed by atoms with van der Waals surface area (Å²) in [6.07, 6.45) is 1.14. The SMILES string of the molecule is O=C(CN1CCCCC(O)C1=O)N1Cc2cccc(Cl)c2C1. The third-order valence-electron chi connectivity index (χ3n) is 4.36. The van der Waals surface area contributed by atoms with Gasteiger partial charge in [-0.1, -0.05) is 23.7 Å². The maximum absolute atomic E-state index is 12.5. The molecule has 2 aliphatic rings. The molecule has 0 aliphatic carbocycles. The largest absolute Gasteiger partial charge is 0.383 e. The van der Waals surface area contributed by atoms with E-state index in [1.54, 1.807) is 4.90 Å². The van der Waals surface area contributed by atoms with Gasteiger partial charge in [-0.3, -0.25) is 9.59 Å². The third-order valence-corrected chi connectivity index (χ3v) is 4.71. The predicted molar refractivity (Wildman–Crippen MR) is 82.1 cm³/mol. The molecule has 2 amide bonds. The molecule has 0 bridgehead atoms. The minimum absolute atomic E-state index is 0.0293. The molecule has 0 spiro atoms. The van der Waals surface area contributed by atoms with Crippen molar-refractivity contribution in [1.82, 2.24) is 9.80 Å². The molecule has 0 radical (unpaired) electrons. The first-order valence-electron chi connectivity index (χ1n) is 7.57. The minimum Gasteiger partial charge on any atom is -0.383 e. The highest BCUT2D eigenvalue weighted by Gasteiger charge is 2.30. The Kier molecular flexibility index (Phi) is 4.36. The monoisotopic (exact) mass is 322 g/mol. The Balaban J connectivity index is 1.66. The van der Waals surface area contributed by atoms with Crippen molar-refractivity contribution < 1.29 is 14.7 Å². The predicted octanol–water partition coefficient (Wildman–Crippen LogP) is 1.56. The average Bonchev–Trinajstić information content (AvgIpc) is 2.88. The van der Waals surface area contributed by atoms with Gasteiger partial charge in [0.1, 0.15) is 6.10 Å². The Hall–Kier alpha value is -1.59. The fourth-order valence-electron chi connectivity index (χ4n) is 3.06. The van der Waals surface area contributed by atoms with Crippen LogP contribution in [0.5, 0.6) is 0 Å². The summed E-state index contributed by atoms with van der Waals surface area (Å²) in [7, 11) is 0. The quantitative estimate of drug-likeness (QED) is 0.899. The number of rotatable bonds is 2. The van der Waals surface area contributed by atoms with Crippen molar-refractivity contribution in [1.29, 1.82) is 0 Å². The molecule has 2 aliphatic heterocycles. The highest BCUT2D eigenvalue weighted by molar-refractivity contribution is 6.31. The van der Waals surface area contributed by atoms with E-state index in [1.165, 1.54) is 4.90 Å². The van der Waals surface area contributed by atoms with Crippen molar-refractivity contribution in [3.05, 3.63) is 34.3 Å². The van der Waals surface area contributed by atoms with Crippen LogP contribution in [0.15, 0.2) is 18.2 Å². The second-order valence-corrected chi connectivity index (χ2v) is 6.31. The van der Waals surface area contributed by atoms with Crippen LogP contribution in [0.4, 0.5) is 0 Å². The summed E-state index contributed by atoms with van der Waals surface area (Å²) in [5.41, 5.74) is 2.04. The van der Waals surface area contributed by atoms with Gasteiger partial charge in [0.15, 0.2) is 0 Å². The van der Waals surface area contributed by atoms with Gasteiger partial charge in [-0.2, -0.15) is 0 Å². The number of amides is 2. The van der Waals surface area contributed by atoms with E-state index in [1.807, 2.05) is 18.2 Å². The van der Waals surface area contributed by atoms with Gasteiger partial charge in [-0.25, -0.2) is 0 Å².